The molecule has 0 aliphatic rings. The van der Waals surface area contributed by atoms with Gasteiger partial charge in [0.15, 0.2) is 5.82 Å². The molecule has 0 unspecified atom stereocenters. The highest BCUT2D eigenvalue weighted by Crippen LogP contribution is 2.31. The highest BCUT2D eigenvalue weighted by atomic mass is 35.5. The van der Waals surface area contributed by atoms with Crippen LogP contribution < -0.4 is 22.1 Å². The van der Waals surface area contributed by atoms with E-state index in [2.05, 4.69) is 20.6 Å². The maximum absolute atomic E-state index is 15.1. The average molecular weight is 600 g/mol. The van der Waals surface area contributed by atoms with Gasteiger partial charge in [-0.15, -0.1) is 0 Å². The van der Waals surface area contributed by atoms with Crippen LogP contribution in [-0.2, 0) is 6.42 Å². The number of aliphatic hydroxyl groups excluding tert-OH is 1. The Labute approximate surface area is 247 Å². The minimum atomic E-state index is -0.615. The maximum Gasteiger partial charge on any atom is 0.354 e. The number of nitrogens with two attached hydrogens (primary N) is 1. The quantitative estimate of drug-likeness (QED) is 0.0754. The van der Waals surface area contributed by atoms with Crippen LogP contribution in [0.2, 0.25) is 5.02 Å². The third kappa shape index (κ3) is 7.60. The summed E-state index contributed by atoms with van der Waals surface area (Å²) in [7, 11) is 0. The van der Waals surface area contributed by atoms with Crippen molar-refractivity contribution in [3.05, 3.63) is 80.9 Å². The third-order valence-corrected chi connectivity index (χ3v) is 7.36. The van der Waals surface area contributed by atoms with Gasteiger partial charge in [0.05, 0.1) is 28.8 Å². The molecule has 7 N–H and O–H groups in total. The van der Waals surface area contributed by atoms with Gasteiger partial charge >= 0.3 is 5.69 Å². The fourth-order valence-electron chi connectivity index (χ4n) is 4.78. The first kappa shape index (κ1) is 31.3. The number of nitrogens with zero attached hydrogens (tertiary/aromatic N) is 2. The van der Waals surface area contributed by atoms with Crippen molar-refractivity contribution < 1.29 is 13.9 Å². The van der Waals surface area contributed by atoms with E-state index in [4.69, 9.17) is 27.9 Å². The Hall–Kier alpha value is -3.64. The van der Waals surface area contributed by atoms with E-state index in [-0.39, 0.29) is 34.9 Å². The maximum atomic E-state index is 15.1. The summed E-state index contributed by atoms with van der Waals surface area (Å²) in [6.07, 6.45) is 4.23. The zero-order chi connectivity index (χ0) is 30.4. The molecule has 2 aromatic carbocycles. The molecular formula is C30H36ClF2N7O2. The molecule has 0 spiro atoms. The van der Waals surface area contributed by atoms with Gasteiger partial charge in [-0.25, -0.2) is 13.6 Å². The van der Waals surface area contributed by atoms with E-state index in [1.54, 1.807) is 43.5 Å². The number of halogens is 3. The summed E-state index contributed by atoms with van der Waals surface area (Å²) in [5, 5.41) is 23.2. The molecule has 4 rings (SSSR count). The lowest BCUT2D eigenvalue weighted by atomic mass is 10.0. The fourth-order valence-corrected chi connectivity index (χ4v) is 5.02. The zero-order valence-electron chi connectivity index (χ0n) is 23.6. The molecule has 0 aliphatic carbocycles. The summed E-state index contributed by atoms with van der Waals surface area (Å²) in [5.41, 5.74) is 7.65. The van der Waals surface area contributed by atoms with Crippen molar-refractivity contribution in [1.29, 1.82) is 5.41 Å². The van der Waals surface area contributed by atoms with Crippen molar-refractivity contribution in [2.45, 2.75) is 51.6 Å². The molecule has 2 aromatic heterocycles. The fraction of sp³-hybridized carbons (Fsp3) is 0.367. The van der Waals surface area contributed by atoms with Gasteiger partial charge in [-0.2, -0.15) is 4.98 Å². The van der Waals surface area contributed by atoms with Crippen molar-refractivity contribution in [2.24, 2.45) is 5.73 Å². The average Bonchev–Trinajstić information content (AvgIpc) is 3.36. The number of aromatic amines is 1. The SMILES string of the molecule is CC(=N)NCCCN[C@@H](C)c1ccc(-n2cc3cc(-c4cc(CCC[C@@H](N)CO)cc(Cl)c4F)[nH]c3nc2=O)cc1F. The lowest BCUT2D eigenvalue weighted by Crippen LogP contribution is -2.26. The Balaban J connectivity index is 1.55. The Kier molecular flexibility index (Phi) is 10.4. The van der Waals surface area contributed by atoms with E-state index in [1.807, 2.05) is 6.92 Å². The Morgan fingerprint density at radius 3 is 2.71 bits per heavy atom. The van der Waals surface area contributed by atoms with Gasteiger partial charge in [0.1, 0.15) is 11.5 Å². The molecule has 224 valence electrons. The Bertz CT molecular complexity index is 1620. The summed E-state index contributed by atoms with van der Waals surface area (Å²) in [5.74, 6) is -0.659. The first-order chi connectivity index (χ1) is 20.1. The zero-order valence-corrected chi connectivity index (χ0v) is 24.4. The van der Waals surface area contributed by atoms with Gasteiger partial charge in [0, 0.05) is 41.3 Å². The smallest absolute Gasteiger partial charge is 0.354 e. The lowest BCUT2D eigenvalue weighted by Gasteiger charge is -2.16. The van der Waals surface area contributed by atoms with Gasteiger partial charge in [-0.3, -0.25) is 9.98 Å². The number of fused-ring (bicyclic) bond motifs is 1. The summed E-state index contributed by atoms with van der Waals surface area (Å²) in [6.45, 7) is 4.74. The predicted molar refractivity (Wildman–Crippen MR) is 162 cm³/mol. The molecule has 2 heterocycles. The van der Waals surface area contributed by atoms with E-state index in [9.17, 15) is 4.79 Å². The van der Waals surface area contributed by atoms with E-state index in [0.29, 0.717) is 60.5 Å². The summed E-state index contributed by atoms with van der Waals surface area (Å²) >= 11 is 6.20. The molecule has 2 atom stereocenters. The lowest BCUT2D eigenvalue weighted by molar-refractivity contribution is 0.258. The topological polar surface area (TPSA) is 145 Å². The van der Waals surface area contributed by atoms with E-state index >= 15 is 8.78 Å². The first-order valence-electron chi connectivity index (χ1n) is 13.9. The molecular weight excluding hydrogens is 564 g/mol. The van der Waals surface area contributed by atoms with E-state index in [1.165, 1.54) is 10.6 Å². The van der Waals surface area contributed by atoms with Crippen LogP contribution >= 0.6 is 11.6 Å². The van der Waals surface area contributed by atoms with Crippen LogP contribution in [0.15, 0.2) is 47.4 Å². The van der Waals surface area contributed by atoms with Gasteiger partial charge in [-0.1, -0.05) is 17.7 Å². The number of nitrogens with one attached hydrogen (secondary N) is 4. The molecule has 0 bridgehead atoms. The molecule has 0 saturated heterocycles. The molecule has 0 fully saturated rings. The number of aliphatic hydroxyl groups is 1. The summed E-state index contributed by atoms with van der Waals surface area (Å²) in [4.78, 5) is 20.0. The molecule has 0 radical (unpaired) electrons. The van der Waals surface area contributed by atoms with Crippen molar-refractivity contribution in [3.8, 4) is 16.9 Å². The monoisotopic (exact) mass is 599 g/mol. The highest BCUT2D eigenvalue weighted by molar-refractivity contribution is 6.31. The highest BCUT2D eigenvalue weighted by Gasteiger charge is 2.17. The van der Waals surface area contributed by atoms with Crippen LogP contribution in [0.3, 0.4) is 0 Å². The van der Waals surface area contributed by atoms with Gasteiger partial charge in [0.2, 0.25) is 0 Å². The number of benzene rings is 2. The largest absolute Gasteiger partial charge is 0.395 e. The predicted octanol–water partition coefficient (Wildman–Crippen LogP) is 4.58. The molecule has 12 heteroatoms. The van der Waals surface area contributed by atoms with Crippen LogP contribution in [0.1, 0.15) is 50.3 Å². The minimum Gasteiger partial charge on any atom is -0.395 e. The van der Waals surface area contributed by atoms with Crippen molar-refractivity contribution in [2.75, 3.05) is 19.7 Å². The molecule has 4 aromatic rings. The number of H-pyrrole nitrogens is 1. The number of aryl methyl sites for hydroxylation is 1. The van der Waals surface area contributed by atoms with Gasteiger partial charge in [0.25, 0.3) is 0 Å². The second-order valence-electron chi connectivity index (χ2n) is 10.4. The first-order valence-corrected chi connectivity index (χ1v) is 14.2. The number of aromatic nitrogens is 3. The molecule has 0 amide bonds. The standard InChI is InChI=1S/C30H36ClF2N7O2/c1-17(36-9-4-10-37-18(2)34)23-8-7-22(14-26(23)32)40-15-20-13-27(38-29(20)39-30(40)42)24-11-19(12-25(31)28(24)33)5-3-6-21(35)16-41/h7-8,11-15,17,21,36,41H,3-6,9-10,16,35H2,1-2H3,(H2,34,37)(H,38,39,42)/t17-,21+/m0/s1. The van der Waals surface area contributed by atoms with Crippen LogP contribution in [0, 0.1) is 17.0 Å². The molecule has 42 heavy (non-hydrogen) atoms. The van der Waals surface area contributed by atoms with Gasteiger partial charge < -0.3 is 26.5 Å². The second-order valence-corrected chi connectivity index (χ2v) is 10.8. The molecule has 0 aliphatic heterocycles. The van der Waals surface area contributed by atoms with E-state index < -0.39 is 17.3 Å². The summed E-state index contributed by atoms with van der Waals surface area (Å²) in [6, 6.07) is 8.95. The minimum absolute atomic E-state index is 0.0300. The summed E-state index contributed by atoms with van der Waals surface area (Å²) < 4.78 is 31.4. The molecule has 0 saturated carbocycles. The van der Waals surface area contributed by atoms with E-state index in [0.717, 1.165) is 12.0 Å². The van der Waals surface area contributed by atoms with Gasteiger partial charge in [-0.05, 0) is 82.0 Å². The number of hydrogen-bond acceptors (Lipinski definition) is 6. The van der Waals surface area contributed by atoms with Crippen LogP contribution in [-0.4, -0.2) is 51.2 Å². The number of amidine groups is 1. The van der Waals surface area contributed by atoms with Crippen LogP contribution in [0.4, 0.5) is 8.78 Å². The normalized spacial score (nSPS) is 12.9. The van der Waals surface area contributed by atoms with Crippen LogP contribution in [0.25, 0.3) is 28.0 Å². The second kappa shape index (κ2) is 14.0. The molecule has 9 nitrogen and oxygen atoms in total. The van der Waals surface area contributed by atoms with Crippen molar-refractivity contribution >= 4 is 28.5 Å². The Morgan fingerprint density at radius 1 is 1.21 bits per heavy atom. The van der Waals surface area contributed by atoms with Crippen LogP contribution in [0.5, 0.6) is 0 Å². The number of hydrogen-bond donors (Lipinski definition) is 6. The Morgan fingerprint density at radius 2 is 2.00 bits per heavy atom. The number of rotatable bonds is 13. The van der Waals surface area contributed by atoms with Crippen molar-refractivity contribution in [3.63, 3.8) is 0 Å². The third-order valence-electron chi connectivity index (χ3n) is 7.08. The van der Waals surface area contributed by atoms with Crippen molar-refractivity contribution in [1.82, 2.24) is 25.2 Å².